The molecule has 3 aromatic rings. The number of carbonyl (C=O) groups is 1. The SMILES string of the molecule is COc1ccc(NC(=O)N2CCCC2c2nc(-c3ccc(Br)cc3)no2)cc1. The molecule has 1 unspecified atom stereocenters. The van der Waals surface area contributed by atoms with E-state index in [2.05, 4.69) is 31.4 Å². The van der Waals surface area contributed by atoms with Gasteiger partial charge in [0, 0.05) is 22.3 Å². The van der Waals surface area contributed by atoms with Crippen molar-refractivity contribution in [2.75, 3.05) is 19.0 Å². The van der Waals surface area contributed by atoms with Gasteiger partial charge in [0.25, 0.3) is 0 Å². The van der Waals surface area contributed by atoms with Crippen LogP contribution < -0.4 is 10.1 Å². The monoisotopic (exact) mass is 442 g/mol. The summed E-state index contributed by atoms with van der Waals surface area (Å²) in [5.74, 6) is 1.72. The summed E-state index contributed by atoms with van der Waals surface area (Å²) in [6.07, 6.45) is 1.68. The summed E-state index contributed by atoms with van der Waals surface area (Å²) in [5, 5.41) is 7.00. The minimum Gasteiger partial charge on any atom is -0.497 e. The Morgan fingerprint density at radius 3 is 2.68 bits per heavy atom. The summed E-state index contributed by atoms with van der Waals surface area (Å²) >= 11 is 3.41. The van der Waals surface area contributed by atoms with Crippen molar-refractivity contribution >= 4 is 27.6 Å². The second-order valence-corrected chi connectivity index (χ2v) is 7.39. The molecule has 0 radical (unpaired) electrons. The van der Waals surface area contributed by atoms with E-state index >= 15 is 0 Å². The van der Waals surface area contributed by atoms with Gasteiger partial charge in [-0.15, -0.1) is 0 Å². The van der Waals surface area contributed by atoms with Crippen LogP contribution in [0.25, 0.3) is 11.4 Å². The Labute approximate surface area is 170 Å². The van der Waals surface area contributed by atoms with Gasteiger partial charge in [-0.3, -0.25) is 0 Å². The molecule has 0 saturated carbocycles. The molecule has 2 heterocycles. The van der Waals surface area contributed by atoms with E-state index in [-0.39, 0.29) is 12.1 Å². The van der Waals surface area contributed by atoms with Crippen LogP contribution in [0.4, 0.5) is 10.5 Å². The van der Waals surface area contributed by atoms with E-state index in [4.69, 9.17) is 9.26 Å². The largest absolute Gasteiger partial charge is 0.497 e. The van der Waals surface area contributed by atoms with E-state index < -0.39 is 0 Å². The number of likely N-dealkylation sites (tertiary alicyclic amines) is 1. The molecule has 1 N–H and O–H groups in total. The molecule has 2 amide bonds. The van der Waals surface area contributed by atoms with Gasteiger partial charge in [-0.1, -0.05) is 21.1 Å². The lowest BCUT2D eigenvalue weighted by Gasteiger charge is -2.22. The van der Waals surface area contributed by atoms with Gasteiger partial charge in [0.15, 0.2) is 0 Å². The van der Waals surface area contributed by atoms with Gasteiger partial charge >= 0.3 is 6.03 Å². The van der Waals surface area contributed by atoms with Crippen LogP contribution in [0, 0.1) is 0 Å². The maximum absolute atomic E-state index is 12.8. The fourth-order valence-electron chi connectivity index (χ4n) is 3.22. The molecular weight excluding hydrogens is 424 g/mol. The fraction of sp³-hybridized carbons (Fsp3) is 0.250. The number of ether oxygens (including phenoxy) is 1. The van der Waals surface area contributed by atoms with E-state index in [0.717, 1.165) is 28.6 Å². The lowest BCUT2D eigenvalue weighted by atomic mass is 10.2. The number of aromatic nitrogens is 2. The summed E-state index contributed by atoms with van der Waals surface area (Å²) in [6.45, 7) is 0.642. The van der Waals surface area contributed by atoms with Crippen LogP contribution in [0.15, 0.2) is 57.5 Å². The first-order valence-corrected chi connectivity index (χ1v) is 9.74. The Morgan fingerprint density at radius 2 is 1.96 bits per heavy atom. The zero-order valence-corrected chi connectivity index (χ0v) is 16.8. The smallest absolute Gasteiger partial charge is 0.322 e. The number of urea groups is 1. The summed E-state index contributed by atoms with van der Waals surface area (Å²) in [7, 11) is 1.61. The molecule has 1 aliphatic heterocycles. The summed E-state index contributed by atoms with van der Waals surface area (Å²) in [5.41, 5.74) is 1.57. The van der Waals surface area contributed by atoms with Gasteiger partial charge in [-0.2, -0.15) is 4.98 Å². The number of hydrogen-bond acceptors (Lipinski definition) is 5. The average Bonchev–Trinajstić information content (AvgIpc) is 3.38. The third-order valence-electron chi connectivity index (χ3n) is 4.68. The maximum Gasteiger partial charge on any atom is 0.322 e. The Hall–Kier alpha value is -2.87. The summed E-state index contributed by atoms with van der Waals surface area (Å²) < 4.78 is 11.6. The van der Waals surface area contributed by atoms with Crippen LogP contribution in [0.2, 0.25) is 0 Å². The maximum atomic E-state index is 12.8. The van der Waals surface area contributed by atoms with Crippen molar-refractivity contribution in [2.45, 2.75) is 18.9 Å². The predicted octanol–water partition coefficient (Wildman–Crippen LogP) is 4.88. The van der Waals surface area contributed by atoms with Crippen LogP contribution in [0.3, 0.4) is 0 Å². The molecular formula is C20H19BrN4O3. The van der Waals surface area contributed by atoms with E-state index in [9.17, 15) is 4.79 Å². The third kappa shape index (κ3) is 3.87. The third-order valence-corrected chi connectivity index (χ3v) is 5.21. The fourth-order valence-corrected chi connectivity index (χ4v) is 3.49. The standard InChI is InChI=1S/C20H19BrN4O3/c1-27-16-10-8-15(9-11-16)22-20(26)25-12-2-3-17(25)19-23-18(24-28-19)13-4-6-14(21)7-5-13/h4-11,17H,2-3,12H2,1H3,(H,22,26). The molecule has 0 bridgehead atoms. The number of halogens is 1. The minimum atomic E-state index is -0.227. The Morgan fingerprint density at radius 1 is 1.21 bits per heavy atom. The Balaban J connectivity index is 1.48. The van der Waals surface area contributed by atoms with Gasteiger partial charge in [-0.25, -0.2) is 4.79 Å². The first kappa shape index (κ1) is 18.5. The van der Waals surface area contributed by atoms with Gasteiger partial charge < -0.3 is 19.5 Å². The second-order valence-electron chi connectivity index (χ2n) is 6.47. The zero-order chi connectivity index (χ0) is 19.5. The van der Waals surface area contributed by atoms with E-state index in [1.807, 2.05) is 24.3 Å². The van der Waals surface area contributed by atoms with Crippen molar-refractivity contribution in [2.24, 2.45) is 0 Å². The van der Waals surface area contributed by atoms with Gasteiger partial charge in [0.1, 0.15) is 11.8 Å². The van der Waals surface area contributed by atoms with E-state index in [1.165, 1.54) is 0 Å². The summed E-state index contributed by atoms with van der Waals surface area (Å²) in [4.78, 5) is 19.0. The molecule has 144 valence electrons. The van der Waals surface area contributed by atoms with Crippen molar-refractivity contribution in [3.05, 3.63) is 58.9 Å². The Bertz CT molecular complexity index is 956. The second kappa shape index (κ2) is 8.02. The number of carbonyl (C=O) groups excluding carboxylic acids is 1. The number of amides is 2. The van der Waals surface area contributed by atoms with Crippen LogP contribution >= 0.6 is 15.9 Å². The number of nitrogens with one attached hydrogen (secondary N) is 1. The molecule has 1 aromatic heterocycles. The highest BCUT2D eigenvalue weighted by atomic mass is 79.9. The minimum absolute atomic E-state index is 0.184. The first-order chi connectivity index (χ1) is 13.6. The van der Waals surface area contributed by atoms with Crippen LogP contribution in [0.5, 0.6) is 5.75 Å². The zero-order valence-electron chi connectivity index (χ0n) is 15.3. The topological polar surface area (TPSA) is 80.5 Å². The molecule has 0 spiro atoms. The van der Waals surface area contributed by atoms with Crippen LogP contribution in [-0.2, 0) is 0 Å². The van der Waals surface area contributed by atoms with Crippen molar-refractivity contribution in [3.63, 3.8) is 0 Å². The molecule has 7 nitrogen and oxygen atoms in total. The molecule has 0 aliphatic carbocycles. The van der Waals surface area contributed by atoms with Crippen molar-refractivity contribution in [1.82, 2.24) is 15.0 Å². The normalized spacial score (nSPS) is 16.2. The van der Waals surface area contributed by atoms with Gasteiger partial charge in [-0.05, 0) is 61.4 Å². The number of hydrogen-bond donors (Lipinski definition) is 1. The highest BCUT2D eigenvalue weighted by Gasteiger charge is 2.34. The highest BCUT2D eigenvalue weighted by Crippen LogP contribution is 2.32. The molecule has 1 fully saturated rings. The number of rotatable bonds is 4. The molecule has 1 saturated heterocycles. The molecule has 4 rings (SSSR count). The molecule has 2 aromatic carbocycles. The molecule has 8 heteroatoms. The van der Waals surface area contributed by atoms with Crippen LogP contribution in [0.1, 0.15) is 24.8 Å². The van der Waals surface area contributed by atoms with Crippen LogP contribution in [-0.4, -0.2) is 34.7 Å². The van der Waals surface area contributed by atoms with E-state index in [1.54, 1.807) is 36.3 Å². The highest BCUT2D eigenvalue weighted by molar-refractivity contribution is 9.10. The van der Waals surface area contributed by atoms with Crippen molar-refractivity contribution in [1.29, 1.82) is 0 Å². The quantitative estimate of drug-likeness (QED) is 0.622. The molecule has 1 aliphatic rings. The predicted molar refractivity (Wildman–Crippen MR) is 108 cm³/mol. The number of anilines is 1. The van der Waals surface area contributed by atoms with Crippen molar-refractivity contribution in [3.8, 4) is 17.1 Å². The number of methoxy groups -OCH3 is 1. The summed E-state index contributed by atoms with van der Waals surface area (Å²) in [6, 6.07) is 14.5. The number of nitrogens with zero attached hydrogens (tertiary/aromatic N) is 3. The average molecular weight is 443 g/mol. The van der Waals surface area contributed by atoms with Crippen molar-refractivity contribution < 1.29 is 14.1 Å². The van der Waals surface area contributed by atoms with Gasteiger partial charge in [0.2, 0.25) is 11.7 Å². The van der Waals surface area contributed by atoms with E-state index in [0.29, 0.717) is 23.9 Å². The lowest BCUT2D eigenvalue weighted by molar-refractivity contribution is 0.193. The molecule has 1 atom stereocenters. The first-order valence-electron chi connectivity index (χ1n) is 8.95. The Kier molecular flexibility index (Phi) is 5.29. The van der Waals surface area contributed by atoms with Gasteiger partial charge in [0.05, 0.1) is 7.11 Å². The molecule has 28 heavy (non-hydrogen) atoms. The number of benzene rings is 2. The lowest BCUT2D eigenvalue weighted by Crippen LogP contribution is -2.34.